The number of likely N-dealkylation sites (tertiary alicyclic amines) is 1. The van der Waals surface area contributed by atoms with Gasteiger partial charge in [-0.05, 0) is 43.0 Å². The largest absolute Gasteiger partial charge is 0.352 e. The van der Waals surface area contributed by atoms with E-state index >= 15 is 0 Å². The summed E-state index contributed by atoms with van der Waals surface area (Å²) in [5, 5.41) is 3.03. The number of pyridine rings is 1. The highest BCUT2D eigenvalue weighted by atomic mass is 16.2. The maximum Gasteiger partial charge on any atom is 0.227 e. The molecule has 1 aromatic heterocycles. The first-order valence-corrected chi connectivity index (χ1v) is 9.56. The van der Waals surface area contributed by atoms with Gasteiger partial charge in [0.2, 0.25) is 11.8 Å². The standard InChI is InChI=1S/C22H25N3O2/c1-16-2-4-17(5-3-16)12-20(26)25-11-8-22(15-25)13-19(22)21(27)24-14-18-6-9-23-10-7-18/h2-7,9-10,19H,8,11-15H2,1H3,(H,24,27). The topological polar surface area (TPSA) is 62.3 Å². The lowest BCUT2D eigenvalue weighted by Gasteiger charge is -2.17. The number of aryl methyl sites for hydroxylation is 1. The molecule has 1 N–H and O–H groups in total. The summed E-state index contributed by atoms with van der Waals surface area (Å²) in [5.41, 5.74) is 3.30. The van der Waals surface area contributed by atoms with Crippen LogP contribution in [0.5, 0.6) is 0 Å². The summed E-state index contributed by atoms with van der Waals surface area (Å²) < 4.78 is 0. The van der Waals surface area contributed by atoms with Gasteiger partial charge in [-0.15, -0.1) is 0 Å². The summed E-state index contributed by atoms with van der Waals surface area (Å²) in [6.45, 7) is 4.05. The van der Waals surface area contributed by atoms with E-state index in [0.29, 0.717) is 19.5 Å². The molecule has 0 bridgehead atoms. The van der Waals surface area contributed by atoms with Crippen LogP contribution in [0.15, 0.2) is 48.8 Å². The van der Waals surface area contributed by atoms with Gasteiger partial charge in [-0.3, -0.25) is 14.6 Å². The highest BCUT2D eigenvalue weighted by Crippen LogP contribution is 2.58. The predicted octanol–water partition coefficient (Wildman–Crippen LogP) is 2.49. The van der Waals surface area contributed by atoms with Crippen molar-refractivity contribution in [3.05, 3.63) is 65.5 Å². The van der Waals surface area contributed by atoms with Crippen molar-refractivity contribution < 1.29 is 9.59 Å². The third-order valence-corrected chi connectivity index (χ3v) is 5.94. The zero-order valence-electron chi connectivity index (χ0n) is 15.6. The third-order valence-electron chi connectivity index (χ3n) is 5.94. The number of carbonyl (C=O) groups is 2. The summed E-state index contributed by atoms with van der Waals surface area (Å²) in [7, 11) is 0. The second-order valence-corrected chi connectivity index (χ2v) is 7.92. The fourth-order valence-corrected chi connectivity index (χ4v) is 4.08. The molecule has 140 valence electrons. The quantitative estimate of drug-likeness (QED) is 0.888. The fraction of sp³-hybridized carbons (Fsp3) is 0.409. The minimum absolute atomic E-state index is 0.00522. The minimum Gasteiger partial charge on any atom is -0.352 e. The molecule has 27 heavy (non-hydrogen) atoms. The Hall–Kier alpha value is -2.69. The van der Waals surface area contributed by atoms with Crippen LogP contribution in [0.1, 0.15) is 29.5 Å². The molecule has 2 amide bonds. The number of aromatic nitrogens is 1. The van der Waals surface area contributed by atoms with Gasteiger partial charge in [0.15, 0.2) is 0 Å². The van der Waals surface area contributed by atoms with E-state index in [1.807, 2.05) is 48.2 Å². The number of amides is 2. The van der Waals surface area contributed by atoms with Gasteiger partial charge in [0.05, 0.1) is 6.42 Å². The number of nitrogens with zero attached hydrogens (tertiary/aromatic N) is 2. The van der Waals surface area contributed by atoms with Crippen LogP contribution in [-0.2, 0) is 22.6 Å². The molecular weight excluding hydrogens is 338 g/mol. The zero-order valence-corrected chi connectivity index (χ0v) is 15.6. The smallest absolute Gasteiger partial charge is 0.227 e. The molecule has 4 rings (SSSR count). The Balaban J connectivity index is 1.28. The first-order chi connectivity index (χ1) is 13.1. The first kappa shape index (κ1) is 17.7. The van der Waals surface area contributed by atoms with Crippen molar-refractivity contribution in [3.63, 3.8) is 0 Å². The van der Waals surface area contributed by atoms with Crippen LogP contribution in [0, 0.1) is 18.3 Å². The molecule has 5 nitrogen and oxygen atoms in total. The van der Waals surface area contributed by atoms with Crippen molar-refractivity contribution >= 4 is 11.8 Å². The SMILES string of the molecule is Cc1ccc(CC(=O)N2CCC3(CC3C(=O)NCc3ccncc3)C2)cc1. The van der Waals surface area contributed by atoms with Gasteiger partial charge < -0.3 is 10.2 Å². The van der Waals surface area contributed by atoms with Gasteiger partial charge >= 0.3 is 0 Å². The van der Waals surface area contributed by atoms with E-state index in [2.05, 4.69) is 10.3 Å². The average Bonchev–Trinajstić information content (AvgIpc) is 3.22. The summed E-state index contributed by atoms with van der Waals surface area (Å²) >= 11 is 0. The molecule has 0 radical (unpaired) electrons. The number of benzene rings is 1. The summed E-state index contributed by atoms with van der Waals surface area (Å²) in [4.78, 5) is 31.1. The van der Waals surface area contributed by atoms with Gasteiger partial charge in [-0.1, -0.05) is 29.8 Å². The van der Waals surface area contributed by atoms with Gasteiger partial charge in [-0.2, -0.15) is 0 Å². The number of carbonyl (C=O) groups excluding carboxylic acids is 2. The molecule has 1 aliphatic heterocycles. The van der Waals surface area contributed by atoms with Crippen LogP contribution in [-0.4, -0.2) is 34.8 Å². The Morgan fingerprint density at radius 2 is 1.89 bits per heavy atom. The summed E-state index contributed by atoms with van der Waals surface area (Å²) in [6, 6.07) is 11.9. The van der Waals surface area contributed by atoms with E-state index in [9.17, 15) is 9.59 Å². The average molecular weight is 363 g/mol. The second kappa shape index (κ2) is 7.14. The van der Waals surface area contributed by atoms with Crippen LogP contribution in [0.3, 0.4) is 0 Å². The van der Waals surface area contributed by atoms with E-state index < -0.39 is 0 Å². The summed E-state index contributed by atoms with van der Waals surface area (Å²) in [6.07, 6.45) is 5.72. The van der Waals surface area contributed by atoms with Crippen LogP contribution >= 0.6 is 0 Å². The van der Waals surface area contributed by atoms with Crippen molar-refractivity contribution in [1.29, 1.82) is 0 Å². The summed E-state index contributed by atoms with van der Waals surface area (Å²) in [5.74, 6) is 0.315. The number of hydrogen-bond donors (Lipinski definition) is 1. The number of rotatable bonds is 5. The van der Waals surface area contributed by atoms with Gasteiger partial charge in [-0.25, -0.2) is 0 Å². The highest BCUT2D eigenvalue weighted by Gasteiger charge is 2.61. The second-order valence-electron chi connectivity index (χ2n) is 7.92. The van der Waals surface area contributed by atoms with Gasteiger partial charge in [0, 0.05) is 43.4 Å². The molecule has 2 heterocycles. The monoisotopic (exact) mass is 363 g/mol. The van der Waals surface area contributed by atoms with Crippen LogP contribution in [0.4, 0.5) is 0 Å². The van der Waals surface area contributed by atoms with Crippen LogP contribution < -0.4 is 5.32 Å². The van der Waals surface area contributed by atoms with E-state index in [-0.39, 0.29) is 23.1 Å². The Morgan fingerprint density at radius 3 is 2.63 bits per heavy atom. The van der Waals surface area contributed by atoms with Gasteiger partial charge in [0.1, 0.15) is 0 Å². The Kier molecular flexibility index (Phi) is 4.68. The van der Waals surface area contributed by atoms with Crippen molar-refractivity contribution in [3.8, 4) is 0 Å². The molecule has 1 saturated carbocycles. The molecule has 1 spiro atoms. The number of hydrogen-bond acceptors (Lipinski definition) is 3. The molecule has 2 atom stereocenters. The number of nitrogens with one attached hydrogen (secondary N) is 1. The maximum absolute atomic E-state index is 12.6. The van der Waals surface area contributed by atoms with Crippen molar-refractivity contribution in [1.82, 2.24) is 15.2 Å². The zero-order chi connectivity index (χ0) is 18.9. The Labute approximate surface area is 159 Å². The molecule has 5 heteroatoms. The van der Waals surface area contributed by atoms with E-state index in [0.717, 1.165) is 30.5 Å². The molecular formula is C22H25N3O2. The van der Waals surface area contributed by atoms with E-state index in [1.54, 1.807) is 12.4 Å². The lowest BCUT2D eigenvalue weighted by Crippen LogP contribution is -2.32. The Bertz CT molecular complexity index is 834. The normalized spacial score (nSPS) is 23.4. The lowest BCUT2D eigenvalue weighted by atomic mass is 10.0. The van der Waals surface area contributed by atoms with Crippen molar-refractivity contribution in [2.45, 2.75) is 32.7 Å². The fourth-order valence-electron chi connectivity index (χ4n) is 4.08. The Morgan fingerprint density at radius 1 is 1.15 bits per heavy atom. The minimum atomic E-state index is 0.00522. The first-order valence-electron chi connectivity index (χ1n) is 9.56. The highest BCUT2D eigenvalue weighted by molar-refractivity contribution is 5.84. The van der Waals surface area contributed by atoms with Crippen LogP contribution in [0.25, 0.3) is 0 Å². The molecule has 2 aromatic rings. The predicted molar refractivity (Wildman–Crippen MR) is 103 cm³/mol. The van der Waals surface area contributed by atoms with E-state index in [4.69, 9.17) is 0 Å². The molecule has 1 saturated heterocycles. The van der Waals surface area contributed by atoms with E-state index in [1.165, 1.54) is 5.56 Å². The van der Waals surface area contributed by atoms with Gasteiger partial charge in [0.25, 0.3) is 0 Å². The molecule has 1 aliphatic carbocycles. The molecule has 2 fully saturated rings. The van der Waals surface area contributed by atoms with Crippen molar-refractivity contribution in [2.75, 3.05) is 13.1 Å². The van der Waals surface area contributed by atoms with Crippen LogP contribution in [0.2, 0.25) is 0 Å². The van der Waals surface area contributed by atoms with Crippen molar-refractivity contribution in [2.24, 2.45) is 11.3 Å². The maximum atomic E-state index is 12.6. The lowest BCUT2D eigenvalue weighted by molar-refractivity contribution is -0.130. The molecule has 2 aliphatic rings. The third kappa shape index (κ3) is 3.87. The molecule has 1 aromatic carbocycles. The molecule has 2 unspecified atom stereocenters.